The Hall–Kier alpha value is -3.72. The van der Waals surface area contributed by atoms with Crippen LogP contribution < -0.4 is 14.2 Å². The number of hydrogen-bond donors (Lipinski definition) is 0. The van der Waals surface area contributed by atoms with Crippen molar-refractivity contribution in [1.29, 1.82) is 0 Å². The predicted molar refractivity (Wildman–Crippen MR) is 120 cm³/mol. The van der Waals surface area contributed by atoms with Crippen molar-refractivity contribution in [3.05, 3.63) is 114 Å². The Bertz CT molecular complexity index is 1070. The Balaban J connectivity index is 1.35. The molecule has 0 amide bonds. The van der Waals surface area contributed by atoms with Gasteiger partial charge in [-0.3, -0.25) is 0 Å². The highest BCUT2D eigenvalue weighted by Crippen LogP contribution is 2.27. The molecule has 4 rings (SSSR count). The van der Waals surface area contributed by atoms with Crippen molar-refractivity contribution >= 4 is 0 Å². The van der Waals surface area contributed by atoms with Crippen LogP contribution in [0.1, 0.15) is 16.7 Å². The molecule has 0 radical (unpaired) electrons. The van der Waals surface area contributed by atoms with Gasteiger partial charge in [-0.25, -0.2) is 0 Å². The quantitative estimate of drug-likeness (QED) is 0.331. The van der Waals surface area contributed by atoms with Crippen LogP contribution in [0, 0.1) is 6.92 Å². The first-order valence-electron chi connectivity index (χ1n) is 9.92. The van der Waals surface area contributed by atoms with Gasteiger partial charge in [-0.2, -0.15) is 0 Å². The molecular weight excluding hydrogens is 372 g/mol. The van der Waals surface area contributed by atoms with Crippen molar-refractivity contribution < 1.29 is 14.2 Å². The largest absolute Gasteiger partial charge is 0.497 e. The van der Waals surface area contributed by atoms with Gasteiger partial charge >= 0.3 is 0 Å². The van der Waals surface area contributed by atoms with Crippen LogP contribution in [-0.4, -0.2) is 7.11 Å². The maximum Gasteiger partial charge on any atom is 0.127 e. The molecule has 0 atom stereocenters. The summed E-state index contributed by atoms with van der Waals surface area (Å²) in [5.41, 5.74) is 3.68. The number of aryl methyl sites for hydroxylation is 1. The lowest BCUT2D eigenvalue weighted by atomic mass is 10.0. The van der Waals surface area contributed by atoms with E-state index in [1.165, 1.54) is 16.7 Å². The van der Waals surface area contributed by atoms with Crippen LogP contribution in [0.4, 0.5) is 0 Å². The standard InChI is InChI=1S/C27H24O3/c1-20-3-9-24(10-4-20)29-26-15-17-27(18-16-26)30-25-13-7-22(8-14-25)19-21-5-11-23(28-2)12-6-21/h3-18H,19H2,1-2H3. The van der Waals surface area contributed by atoms with Crippen molar-refractivity contribution in [2.45, 2.75) is 13.3 Å². The van der Waals surface area contributed by atoms with Gasteiger partial charge in [0.2, 0.25) is 0 Å². The first-order valence-corrected chi connectivity index (χ1v) is 9.92. The summed E-state index contributed by atoms with van der Waals surface area (Å²) in [4.78, 5) is 0. The van der Waals surface area contributed by atoms with Crippen LogP contribution in [0.2, 0.25) is 0 Å². The maximum absolute atomic E-state index is 5.96. The molecule has 0 saturated heterocycles. The van der Waals surface area contributed by atoms with Gasteiger partial charge in [-0.05, 0) is 85.1 Å². The molecule has 0 bridgehead atoms. The van der Waals surface area contributed by atoms with E-state index in [1.807, 2.05) is 72.8 Å². The molecular formula is C27H24O3. The number of benzene rings is 4. The number of ether oxygens (including phenoxy) is 3. The minimum atomic E-state index is 0.772. The number of hydrogen-bond acceptors (Lipinski definition) is 3. The zero-order valence-electron chi connectivity index (χ0n) is 17.2. The average molecular weight is 396 g/mol. The van der Waals surface area contributed by atoms with E-state index in [4.69, 9.17) is 14.2 Å². The molecule has 0 unspecified atom stereocenters. The lowest BCUT2D eigenvalue weighted by Gasteiger charge is -2.09. The summed E-state index contributed by atoms with van der Waals surface area (Å²) < 4.78 is 17.0. The molecule has 30 heavy (non-hydrogen) atoms. The average Bonchev–Trinajstić information content (AvgIpc) is 2.78. The van der Waals surface area contributed by atoms with E-state index in [1.54, 1.807) is 7.11 Å². The summed E-state index contributed by atoms with van der Waals surface area (Å²) in [7, 11) is 1.68. The van der Waals surface area contributed by atoms with Gasteiger partial charge in [0.25, 0.3) is 0 Å². The maximum atomic E-state index is 5.96. The van der Waals surface area contributed by atoms with E-state index in [-0.39, 0.29) is 0 Å². The third kappa shape index (κ3) is 5.21. The second kappa shape index (κ2) is 9.19. The van der Waals surface area contributed by atoms with Gasteiger partial charge in [-0.15, -0.1) is 0 Å². The van der Waals surface area contributed by atoms with Gasteiger partial charge < -0.3 is 14.2 Å². The van der Waals surface area contributed by atoms with Crippen molar-refractivity contribution in [1.82, 2.24) is 0 Å². The fraction of sp³-hybridized carbons (Fsp3) is 0.111. The molecule has 0 heterocycles. The molecule has 4 aromatic carbocycles. The molecule has 0 aliphatic heterocycles. The van der Waals surface area contributed by atoms with E-state index < -0.39 is 0 Å². The minimum absolute atomic E-state index is 0.772. The first kappa shape index (κ1) is 19.6. The third-order valence-electron chi connectivity index (χ3n) is 4.81. The fourth-order valence-corrected chi connectivity index (χ4v) is 3.11. The molecule has 3 nitrogen and oxygen atoms in total. The molecule has 4 aromatic rings. The van der Waals surface area contributed by atoms with Crippen LogP contribution in [-0.2, 0) is 6.42 Å². The molecule has 150 valence electrons. The van der Waals surface area contributed by atoms with Crippen LogP contribution >= 0.6 is 0 Å². The van der Waals surface area contributed by atoms with Crippen molar-refractivity contribution in [3.8, 4) is 28.7 Å². The first-order chi connectivity index (χ1) is 14.7. The minimum Gasteiger partial charge on any atom is -0.497 e. The van der Waals surface area contributed by atoms with Gasteiger partial charge in [0.1, 0.15) is 28.7 Å². The molecule has 0 N–H and O–H groups in total. The molecule has 0 aromatic heterocycles. The van der Waals surface area contributed by atoms with E-state index >= 15 is 0 Å². The van der Waals surface area contributed by atoms with Gasteiger partial charge in [-0.1, -0.05) is 42.0 Å². The fourth-order valence-electron chi connectivity index (χ4n) is 3.11. The Morgan fingerprint density at radius 2 is 0.800 bits per heavy atom. The molecule has 0 aliphatic rings. The van der Waals surface area contributed by atoms with Crippen LogP contribution in [0.3, 0.4) is 0 Å². The summed E-state index contributed by atoms with van der Waals surface area (Å²) in [5, 5.41) is 0. The van der Waals surface area contributed by atoms with Gasteiger partial charge in [0.05, 0.1) is 7.11 Å². The zero-order valence-corrected chi connectivity index (χ0v) is 17.2. The second-order valence-electron chi connectivity index (χ2n) is 7.16. The highest BCUT2D eigenvalue weighted by Gasteiger charge is 2.02. The summed E-state index contributed by atoms with van der Waals surface area (Å²) in [6, 6.07) is 32.0. The lowest BCUT2D eigenvalue weighted by molar-refractivity contribution is 0.414. The lowest BCUT2D eigenvalue weighted by Crippen LogP contribution is -1.90. The molecule has 3 heteroatoms. The predicted octanol–water partition coefficient (Wildman–Crippen LogP) is 7.18. The summed E-state index contributed by atoms with van der Waals surface area (Å²) in [5.74, 6) is 4.05. The van der Waals surface area contributed by atoms with E-state index in [0.29, 0.717) is 0 Å². The van der Waals surface area contributed by atoms with Crippen LogP contribution in [0.5, 0.6) is 28.7 Å². The smallest absolute Gasteiger partial charge is 0.127 e. The highest BCUT2D eigenvalue weighted by atomic mass is 16.5. The zero-order chi connectivity index (χ0) is 20.8. The van der Waals surface area contributed by atoms with Gasteiger partial charge in [0.15, 0.2) is 0 Å². The normalized spacial score (nSPS) is 10.5. The molecule has 0 aliphatic carbocycles. The van der Waals surface area contributed by atoms with Gasteiger partial charge in [0, 0.05) is 0 Å². The van der Waals surface area contributed by atoms with Crippen LogP contribution in [0.15, 0.2) is 97.1 Å². The third-order valence-corrected chi connectivity index (χ3v) is 4.81. The second-order valence-corrected chi connectivity index (χ2v) is 7.16. The topological polar surface area (TPSA) is 27.7 Å². The highest BCUT2D eigenvalue weighted by molar-refractivity contribution is 5.39. The summed E-state index contributed by atoms with van der Waals surface area (Å²) in [6.07, 6.45) is 0.870. The van der Waals surface area contributed by atoms with Crippen molar-refractivity contribution in [3.63, 3.8) is 0 Å². The Kier molecular flexibility index (Phi) is 6.00. The van der Waals surface area contributed by atoms with E-state index in [2.05, 4.69) is 31.2 Å². The van der Waals surface area contributed by atoms with Crippen LogP contribution in [0.25, 0.3) is 0 Å². The Morgan fingerprint density at radius 3 is 1.20 bits per heavy atom. The van der Waals surface area contributed by atoms with E-state index in [9.17, 15) is 0 Å². The van der Waals surface area contributed by atoms with Crippen molar-refractivity contribution in [2.75, 3.05) is 7.11 Å². The van der Waals surface area contributed by atoms with Crippen molar-refractivity contribution in [2.24, 2.45) is 0 Å². The summed E-state index contributed by atoms with van der Waals surface area (Å²) >= 11 is 0. The monoisotopic (exact) mass is 396 g/mol. The number of methoxy groups -OCH3 is 1. The molecule has 0 fully saturated rings. The SMILES string of the molecule is COc1ccc(Cc2ccc(Oc3ccc(Oc4ccc(C)cc4)cc3)cc2)cc1. The summed E-state index contributed by atoms with van der Waals surface area (Å²) in [6.45, 7) is 2.06. The van der Waals surface area contributed by atoms with E-state index in [0.717, 1.165) is 35.2 Å². The molecule has 0 saturated carbocycles. The Labute approximate surface area is 177 Å². The number of rotatable bonds is 7. The Morgan fingerprint density at radius 1 is 0.467 bits per heavy atom. The molecule has 0 spiro atoms.